The molecule has 2 heteroatoms. The Bertz CT molecular complexity index is 211. The van der Waals surface area contributed by atoms with Crippen molar-refractivity contribution in [3.05, 3.63) is 0 Å². The molecule has 0 bridgehead atoms. The van der Waals surface area contributed by atoms with E-state index in [1.165, 1.54) is 44.9 Å². The van der Waals surface area contributed by atoms with Gasteiger partial charge in [0, 0.05) is 19.2 Å². The standard InChI is InChI=1S/C15H29NO/c1-12(2)13-6-5-7-14(10-13)16-11-15-8-3-4-9-17-15/h12-16H,3-11H2,1-2H3. The Morgan fingerprint density at radius 3 is 2.71 bits per heavy atom. The van der Waals surface area contributed by atoms with E-state index >= 15 is 0 Å². The Kier molecular flexibility index (Phi) is 5.30. The van der Waals surface area contributed by atoms with Crippen LogP contribution in [0.4, 0.5) is 0 Å². The highest BCUT2D eigenvalue weighted by molar-refractivity contribution is 4.80. The Labute approximate surface area is 107 Å². The fraction of sp³-hybridized carbons (Fsp3) is 1.00. The molecule has 1 aliphatic carbocycles. The molecule has 1 heterocycles. The van der Waals surface area contributed by atoms with E-state index < -0.39 is 0 Å². The Morgan fingerprint density at radius 1 is 1.12 bits per heavy atom. The molecule has 0 radical (unpaired) electrons. The van der Waals surface area contributed by atoms with Gasteiger partial charge >= 0.3 is 0 Å². The fourth-order valence-electron chi connectivity index (χ4n) is 3.28. The van der Waals surface area contributed by atoms with Gasteiger partial charge in [-0.25, -0.2) is 0 Å². The molecule has 3 atom stereocenters. The minimum atomic E-state index is 0.489. The van der Waals surface area contributed by atoms with Crippen molar-refractivity contribution < 1.29 is 4.74 Å². The van der Waals surface area contributed by atoms with Crippen molar-refractivity contribution in [1.82, 2.24) is 5.32 Å². The summed E-state index contributed by atoms with van der Waals surface area (Å²) in [6.45, 7) is 6.80. The average Bonchev–Trinajstić information content (AvgIpc) is 2.38. The van der Waals surface area contributed by atoms with E-state index in [1.807, 2.05) is 0 Å². The van der Waals surface area contributed by atoms with E-state index in [2.05, 4.69) is 19.2 Å². The van der Waals surface area contributed by atoms with Crippen LogP contribution in [0.15, 0.2) is 0 Å². The summed E-state index contributed by atoms with van der Waals surface area (Å²) in [6.07, 6.45) is 9.96. The molecule has 1 N–H and O–H groups in total. The van der Waals surface area contributed by atoms with Crippen LogP contribution in [-0.2, 0) is 4.74 Å². The summed E-state index contributed by atoms with van der Waals surface area (Å²) in [5, 5.41) is 3.75. The number of hydrogen-bond acceptors (Lipinski definition) is 2. The zero-order valence-corrected chi connectivity index (χ0v) is 11.6. The molecular formula is C15H29NO. The molecule has 17 heavy (non-hydrogen) atoms. The highest BCUT2D eigenvalue weighted by Crippen LogP contribution is 2.30. The lowest BCUT2D eigenvalue weighted by atomic mass is 9.79. The molecule has 100 valence electrons. The molecule has 0 spiro atoms. The SMILES string of the molecule is CC(C)C1CCCC(NCC2CCCCO2)C1. The first-order valence-electron chi connectivity index (χ1n) is 7.60. The minimum absolute atomic E-state index is 0.489. The number of hydrogen-bond donors (Lipinski definition) is 1. The molecule has 0 aromatic carbocycles. The molecule has 0 aromatic heterocycles. The van der Waals surface area contributed by atoms with Crippen molar-refractivity contribution in [3.8, 4) is 0 Å². The van der Waals surface area contributed by atoms with Crippen molar-refractivity contribution in [2.75, 3.05) is 13.2 Å². The molecule has 2 rings (SSSR count). The first-order chi connectivity index (χ1) is 8.25. The predicted molar refractivity (Wildman–Crippen MR) is 72.2 cm³/mol. The summed E-state index contributed by atoms with van der Waals surface area (Å²) >= 11 is 0. The Hall–Kier alpha value is -0.0800. The monoisotopic (exact) mass is 239 g/mol. The van der Waals surface area contributed by atoms with Crippen molar-refractivity contribution in [2.24, 2.45) is 11.8 Å². The molecule has 2 aliphatic rings. The maximum atomic E-state index is 5.78. The zero-order valence-electron chi connectivity index (χ0n) is 11.6. The van der Waals surface area contributed by atoms with Crippen molar-refractivity contribution in [1.29, 1.82) is 0 Å². The molecule has 2 nitrogen and oxygen atoms in total. The molecule has 0 aromatic rings. The third-order valence-corrected chi connectivity index (χ3v) is 4.57. The van der Waals surface area contributed by atoms with E-state index in [0.29, 0.717) is 6.10 Å². The first kappa shape index (κ1) is 13.4. The number of rotatable bonds is 4. The van der Waals surface area contributed by atoms with Crippen LogP contribution in [0.3, 0.4) is 0 Å². The normalized spacial score (nSPS) is 35.1. The molecule has 3 unspecified atom stereocenters. The third-order valence-electron chi connectivity index (χ3n) is 4.57. The second-order valence-electron chi connectivity index (χ2n) is 6.26. The predicted octanol–water partition coefficient (Wildman–Crippen LogP) is 3.36. The summed E-state index contributed by atoms with van der Waals surface area (Å²) in [7, 11) is 0. The maximum Gasteiger partial charge on any atom is 0.0699 e. The largest absolute Gasteiger partial charge is 0.377 e. The zero-order chi connectivity index (χ0) is 12.1. The number of ether oxygens (including phenoxy) is 1. The van der Waals surface area contributed by atoms with Crippen molar-refractivity contribution in [2.45, 2.75) is 70.9 Å². The van der Waals surface area contributed by atoms with Gasteiger partial charge in [0.1, 0.15) is 0 Å². The number of nitrogens with one attached hydrogen (secondary N) is 1. The van der Waals surface area contributed by atoms with E-state index in [0.717, 1.165) is 31.0 Å². The Balaban J connectivity index is 1.67. The lowest BCUT2D eigenvalue weighted by Gasteiger charge is -2.33. The van der Waals surface area contributed by atoms with Gasteiger partial charge in [0.25, 0.3) is 0 Å². The summed E-state index contributed by atoms with van der Waals surface area (Å²) in [4.78, 5) is 0. The van der Waals surface area contributed by atoms with Crippen LogP contribution >= 0.6 is 0 Å². The molecule has 0 amide bonds. The van der Waals surface area contributed by atoms with Gasteiger partial charge in [-0.1, -0.05) is 26.7 Å². The van der Waals surface area contributed by atoms with Gasteiger partial charge in [-0.05, 0) is 43.9 Å². The molecular weight excluding hydrogens is 210 g/mol. The first-order valence-corrected chi connectivity index (χ1v) is 7.60. The average molecular weight is 239 g/mol. The van der Waals surface area contributed by atoms with Crippen LogP contribution in [0.5, 0.6) is 0 Å². The van der Waals surface area contributed by atoms with E-state index in [4.69, 9.17) is 4.74 Å². The second kappa shape index (κ2) is 6.75. The molecule has 2 fully saturated rings. The summed E-state index contributed by atoms with van der Waals surface area (Å²) in [5.74, 6) is 1.79. The van der Waals surface area contributed by atoms with Gasteiger partial charge in [-0.3, -0.25) is 0 Å². The van der Waals surface area contributed by atoms with Gasteiger partial charge in [0.05, 0.1) is 6.10 Å². The van der Waals surface area contributed by atoms with Crippen LogP contribution < -0.4 is 5.32 Å². The van der Waals surface area contributed by atoms with E-state index in [-0.39, 0.29) is 0 Å². The fourth-order valence-corrected chi connectivity index (χ4v) is 3.28. The topological polar surface area (TPSA) is 21.3 Å². The summed E-state index contributed by atoms with van der Waals surface area (Å²) < 4.78 is 5.78. The molecule has 1 aliphatic heterocycles. The highest BCUT2D eigenvalue weighted by Gasteiger charge is 2.24. The summed E-state index contributed by atoms with van der Waals surface area (Å²) in [6, 6.07) is 0.752. The van der Waals surface area contributed by atoms with Crippen molar-refractivity contribution in [3.63, 3.8) is 0 Å². The third kappa shape index (κ3) is 4.26. The van der Waals surface area contributed by atoms with Gasteiger partial charge < -0.3 is 10.1 Å². The van der Waals surface area contributed by atoms with Crippen LogP contribution in [0.1, 0.15) is 58.8 Å². The van der Waals surface area contributed by atoms with Gasteiger partial charge in [0.15, 0.2) is 0 Å². The van der Waals surface area contributed by atoms with E-state index in [9.17, 15) is 0 Å². The Morgan fingerprint density at radius 2 is 2.00 bits per heavy atom. The smallest absolute Gasteiger partial charge is 0.0699 e. The van der Waals surface area contributed by atoms with Gasteiger partial charge in [-0.15, -0.1) is 0 Å². The van der Waals surface area contributed by atoms with Gasteiger partial charge in [0.2, 0.25) is 0 Å². The van der Waals surface area contributed by atoms with Gasteiger partial charge in [-0.2, -0.15) is 0 Å². The molecule has 1 saturated heterocycles. The van der Waals surface area contributed by atoms with Crippen LogP contribution in [0, 0.1) is 11.8 Å². The summed E-state index contributed by atoms with van der Waals surface area (Å²) in [5.41, 5.74) is 0. The second-order valence-corrected chi connectivity index (χ2v) is 6.26. The van der Waals surface area contributed by atoms with Crippen LogP contribution in [-0.4, -0.2) is 25.3 Å². The van der Waals surface area contributed by atoms with Crippen LogP contribution in [0.25, 0.3) is 0 Å². The minimum Gasteiger partial charge on any atom is -0.377 e. The van der Waals surface area contributed by atoms with Crippen molar-refractivity contribution >= 4 is 0 Å². The molecule has 1 saturated carbocycles. The van der Waals surface area contributed by atoms with Crippen LogP contribution in [0.2, 0.25) is 0 Å². The quantitative estimate of drug-likeness (QED) is 0.812. The highest BCUT2D eigenvalue weighted by atomic mass is 16.5. The lowest BCUT2D eigenvalue weighted by Crippen LogP contribution is -2.41. The maximum absolute atomic E-state index is 5.78. The lowest BCUT2D eigenvalue weighted by molar-refractivity contribution is 0.0139. The van der Waals surface area contributed by atoms with E-state index in [1.54, 1.807) is 0 Å².